The lowest BCUT2D eigenvalue weighted by Gasteiger charge is -2.36. The number of aliphatic imine (C=N–C) groups is 1. The maximum atomic E-state index is 4.70. The minimum absolute atomic E-state index is 0. The van der Waals surface area contributed by atoms with E-state index in [0.717, 1.165) is 56.1 Å². The lowest BCUT2D eigenvalue weighted by molar-refractivity contribution is 0.369. The molecule has 1 aliphatic carbocycles. The van der Waals surface area contributed by atoms with Crippen LogP contribution >= 0.6 is 35.5 Å². The van der Waals surface area contributed by atoms with E-state index < -0.39 is 0 Å². The number of hydrogen-bond acceptors (Lipinski definition) is 5. The third-order valence-electron chi connectivity index (χ3n) is 4.75. The molecule has 0 aromatic carbocycles. The zero-order valence-electron chi connectivity index (χ0n) is 15.1. The molecule has 2 aliphatic rings. The average Bonchev–Trinajstić information content (AvgIpc) is 2.96. The second-order valence-corrected chi connectivity index (χ2v) is 7.74. The lowest BCUT2D eigenvalue weighted by atomic mass is 10.2. The molecule has 0 amide bonds. The molecule has 2 heterocycles. The van der Waals surface area contributed by atoms with Crippen molar-refractivity contribution >= 4 is 46.6 Å². The van der Waals surface area contributed by atoms with Crippen LogP contribution in [0.3, 0.4) is 0 Å². The maximum Gasteiger partial charge on any atom is 0.205 e. The molecule has 1 aliphatic heterocycles. The van der Waals surface area contributed by atoms with Gasteiger partial charge in [0.25, 0.3) is 0 Å². The van der Waals surface area contributed by atoms with Crippen LogP contribution in [-0.2, 0) is 6.42 Å². The Hall–Kier alpha value is -0.640. The summed E-state index contributed by atoms with van der Waals surface area (Å²) in [5.74, 6) is 2.03. The first-order valence-corrected chi connectivity index (χ1v) is 9.44. The Morgan fingerprint density at radius 3 is 2.46 bits per heavy atom. The minimum Gasteiger partial charge on any atom is -0.353 e. The number of nitrogens with zero attached hydrogens (tertiary/aromatic N) is 5. The Kier molecular flexibility index (Phi) is 6.69. The van der Waals surface area contributed by atoms with Gasteiger partial charge in [-0.1, -0.05) is 20.8 Å². The smallest absolute Gasteiger partial charge is 0.205 e. The van der Waals surface area contributed by atoms with Gasteiger partial charge in [-0.25, -0.2) is 4.98 Å². The van der Waals surface area contributed by atoms with E-state index in [4.69, 9.17) is 4.99 Å². The highest BCUT2D eigenvalue weighted by Gasteiger charge is 2.46. The average molecular weight is 464 g/mol. The summed E-state index contributed by atoms with van der Waals surface area (Å²) in [6.45, 7) is 13.6. The highest BCUT2D eigenvalue weighted by atomic mass is 127. The normalized spacial score (nSPS) is 23.0. The zero-order valence-corrected chi connectivity index (χ0v) is 18.2. The van der Waals surface area contributed by atoms with Crippen LogP contribution < -0.4 is 10.2 Å². The van der Waals surface area contributed by atoms with Crippen molar-refractivity contribution in [3.63, 3.8) is 0 Å². The Morgan fingerprint density at radius 2 is 1.96 bits per heavy atom. The minimum atomic E-state index is 0. The molecule has 6 nitrogen and oxygen atoms in total. The second-order valence-electron chi connectivity index (χ2n) is 7.01. The molecule has 1 unspecified atom stereocenters. The van der Waals surface area contributed by atoms with Crippen molar-refractivity contribution < 1.29 is 0 Å². The Bertz CT molecular complexity index is 565. The van der Waals surface area contributed by atoms with Gasteiger partial charge in [0, 0.05) is 56.7 Å². The van der Waals surface area contributed by atoms with Gasteiger partial charge >= 0.3 is 0 Å². The first kappa shape index (κ1) is 19.7. The largest absolute Gasteiger partial charge is 0.353 e. The summed E-state index contributed by atoms with van der Waals surface area (Å²) >= 11 is 1.52. The standard InChI is InChI=1S/C16H28N6S.HI/c1-5-13-19-15(23-20-13)22-9-7-21(8-10-22)14(17-6-2)18-12-11-16(12,3)4;/h12H,5-11H2,1-4H3,(H,17,18);1H. The molecule has 1 aromatic heterocycles. The molecule has 2 fully saturated rings. The monoisotopic (exact) mass is 464 g/mol. The highest BCUT2D eigenvalue weighted by Crippen LogP contribution is 2.44. The van der Waals surface area contributed by atoms with Crippen LogP contribution in [0.2, 0.25) is 0 Å². The topological polar surface area (TPSA) is 56.7 Å². The summed E-state index contributed by atoms with van der Waals surface area (Å²) in [6, 6.07) is 0.570. The van der Waals surface area contributed by atoms with Gasteiger partial charge in [-0.2, -0.15) is 4.37 Å². The summed E-state index contributed by atoms with van der Waals surface area (Å²) in [5.41, 5.74) is 0.416. The SMILES string of the molecule is CCN=C(NC1CC1(C)C)N1CCN(c2nc(CC)ns2)CC1.I. The number of nitrogens with one attached hydrogen (secondary N) is 1. The van der Waals surface area contributed by atoms with Gasteiger partial charge in [0.15, 0.2) is 5.96 Å². The van der Waals surface area contributed by atoms with Gasteiger partial charge in [-0.3, -0.25) is 4.99 Å². The Balaban J connectivity index is 0.00000208. The molecular weight excluding hydrogens is 435 g/mol. The summed E-state index contributed by atoms with van der Waals surface area (Å²) in [6.07, 6.45) is 2.14. The summed E-state index contributed by atoms with van der Waals surface area (Å²) in [5, 5.41) is 4.71. The van der Waals surface area contributed by atoms with Gasteiger partial charge < -0.3 is 15.1 Å². The van der Waals surface area contributed by atoms with E-state index in [9.17, 15) is 0 Å². The predicted molar refractivity (Wildman–Crippen MR) is 112 cm³/mol. The molecule has 0 spiro atoms. The lowest BCUT2D eigenvalue weighted by Crippen LogP contribution is -2.53. The molecule has 1 aromatic rings. The van der Waals surface area contributed by atoms with Gasteiger partial charge in [0.1, 0.15) is 5.82 Å². The Morgan fingerprint density at radius 1 is 1.29 bits per heavy atom. The number of aromatic nitrogens is 2. The van der Waals surface area contributed by atoms with Crippen LogP contribution in [0.15, 0.2) is 4.99 Å². The molecule has 1 saturated carbocycles. The third-order valence-corrected chi connectivity index (χ3v) is 5.56. The summed E-state index contributed by atoms with van der Waals surface area (Å²) in [4.78, 5) is 14.0. The molecule has 0 bridgehead atoms. The van der Waals surface area contributed by atoms with Crippen LogP contribution in [0, 0.1) is 5.41 Å². The van der Waals surface area contributed by atoms with Crippen molar-refractivity contribution in [3.8, 4) is 0 Å². The fraction of sp³-hybridized carbons (Fsp3) is 0.812. The van der Waals surface area contributed by atoms with Gasteiger partial charge in [0.2, 0.25) is 5.13 Å². The quantitative estimate of drug-likeness (QED) is 0.422. The van der Waals surface area contributed by atoms with Crippen molar-refractivity contribution in [3.05, 3.63) is 5.82 Å². The number of anilines is 1. The van der Waals surface area contributed by atoms with E-state index in [0.29, 0.717) is 11.5 Å². The van der Waals surface area contributed by atoms with Crippen molar-refractivity contribution in [2.45, 2.75) is 46.6 Å². The predicted octanol–water partition coefficient (Wildman–Crippen LogP) is 2.60. The number of rotatable bonds is 4. The Labute approximate surface area is 166 Å². The molecule has 1 saturated heterocycles. The van der Waals surface area contributed by atoms with E-state index in [1.807, 2.05) is 0 Å². The molecule has 24 heavy (non-hydrogen) atoms. The highest BCUT2D eigenvalue weighted by molar-refractivity contribution is 14.0. The maximum absolute atomic E-state index is 4.70. The molecule has 3 rings (SSSR count). The van der Waals surface area contributed by atoms with E-state index in [-0.39, 0.29) is 24.0 Å². The zero-order chi connectivity index (χ0) is 16.4. The molecule has 136 valence electrons. The first-order valence-electron chi connectivity index (χ1n) is 8.67. The number of piperazine rings is 1. The number of aryl methyl sites for hydroxylation is 1. The summed E-state index contributed by atoms with van der Waals surface area (Å²) < 4.78 is 4.40. The van der Waals surface area contributed by atoms with Crippen LogP contribution in [-0.4, -0.2) is 59.0 Å². The van der Waals surface area contributed by atoms with Crippen molar-refractivity contribution in [1.82, 2.24) is 19.6 Å². The fourth-order valence-electron chi connectivity index (χ4n) is 2.88. The van der Waals surface area contributed by atoms with Crippen LogP contribution in [0.1, 0.15) is 39.9 Å². The van der Waals surface area contributed by atoms with E-state index in [2.05, 4.69) is 52.2 Å². The van der Waals surface area contributed by atoms with E-state index in [1.54, 1.807) is 0 Å². The van der Waals surface area contributed by atoms with Gasteiger partial charge in [-0.05, 0) is 18.8 Å². The van der Waals surface area contributed by atoms with Crippen LogP contribution in [0.4, 0.5) is 5.13 Å². The van der Waals surface area contributed by atoms with Crippen molar-refractivity contribution in [2.75, 3.05) is 37.6 Å². The van der Waals surface area contributed by atoms with Crippen molar-refractivity contribution in [1.29, 1.82) is 0 Å². The van der Waals surface area contributed by atoms with Gasteiger partial charge in [0.05, 0.1) is 0 Å². The van der Waals surface area contributed by atoms with Crippen LogP contribution in [0.25, 0.3) is 0 Å². The second kappa shape index (κ2) is 8.16. The van der Waals surface area contributed by atoms with E-state index >= 15 is 0 Å². The molecule has 1 atom stereocenters. The molecule has 0 radical (unpaired) electrons. The molecule has 1 N–H and O–H groups in total. The fourth-order valence-corrected chi connectivity index (χ4v) is 3.68. The first-order chi connectivity index (χ1) is 11.0. The molecule has 8 heteroatoms. The van der Waals surface area contributed by atoms with Gasteiger partial charge in [-0.15, -0.1) is 24.0 Å². The molecular formula is C16H29IN6S. The van der Waals surface area contributed by atoms with Crippen molar-refractivity contribution in [2.24, 2.45) is 10.4 Å². The number of hydrogen-bond donors (Lipinski definition) is 1. The third kappa shape index (κ3) is 4.50. The number of guanidine groups is 1. The van der Waals surface area contributed by atoms with Crippen LogP contribution in [0.5, 0.6) is 0 Å². The number of halogens is 1. The van der Waals surface area contributed by atoms with E-state index in [1.165, 1.54) is 18.0 Å². The summed E-state index contributed by atoms with van der Waals surface area (Å²) in [7, 11) is 0.